The van der Waals surface area contributed by atoms with Crippen LogP contribution in [0.25, 0.3) is 0 Å². The lowest BCUT2D eigenvalue weighted by molar-refractivity contribution is 0.306. The fourth-order valence-electron chi connectivity index (χ4n) is 3.09. The Morgan fingerprint density at radius 2 is 1.28 bits per heavy atom. The Kier molecular flexibility index (Phi) is 13.5. The van der Waals surface area contributed by atoms with E-state index in [-0.39, 0.29) is 11.5 Å². The molecule has 2 rings (SSSR count). The van der Waals surface area contributed by atoms with Gasteiger partial charge in [-0.05, 0) is 18.6 Å². The lowest BCUT2D eigenvalue weighted by atomic mass is 10.1. The van der Waals surface area contributed by atoms with Crippen LogP contribution in [0.2, 0.25) is 0 Å². The second-order valence-corrected chi connectivity index (χ2v) is 9.34. The van der Waals surface area contributed by atoms with Crippen molar-refractivity contribution in [3.63, 3.8) is 0 Å². The molecule has 1 heterocycles. The van der Waals surface area contributed by atoms with Gasteiger partial charge in [0.25, 0.3) is 10.1 Å². The van der Waals surface area contributed by atoms with Crippen molar-refractivity contribution in [2.75, 3.05) is 27.4 Å². The van der Waals surface area contributed by atoms with Gasteiger partial charge >= 0.3 is 0 Å². The highest BCUT2D eigenvalue weighted by atomic mass is 32.2. The van der Waals surface area contributed by atoms with E-state index >= 15 is 0 Å². The quantitative estimate of drug-likeness (QED) is 0.304. The van der Waals surface area contributed by atoms with Crippen LogP contribution >= 0.6 is 0 Å². The first-order chi connectivity index (χ1) is 14.0. The average Bonchev–Trinajstić information content (AvgIpc) is 3.10. The van der Waals surface area contributed by atoms with Crippen molar-refractivity contribution < 1.29 is 12.6 Å². The third kappa shape index (κ3) is 12.6. The van der Waals surface area contributed by atoms with Gasteiger partial charge in [-0.25, -0.2) is 0 Å². The Morgan fingerprint density at radius 3 is 1.72 bits per heavy atom. The summed E-state index contributed by atoms with van der Waals surface area (Å²) in [6, 6.07) is 8.33. The minimum atomic E-state index is -3.57. The van der Waals surface area contributed by atoms with E-state index in [1.807, 2.05) is 0 Å². The normalized spacial score (nSPS) is 13.5. The maximum absolute atomic E-state index is 11.9. The predicted octanol–water partition coefficient (Wildman–Crippen LogP) is 5.61. The van der Waals surface area contributed by atoms with Crippen molar-refractivity contribution in [1.29, 1.82) is 0 Å². The number of benzene rings is 1. The molecule has 0 aliphatic carbocycles. The van der Waals surface area contributed by atoms with Crippen LogP contribution in [0.1, 0.15) is 71.1 Å². The van der Waals surface area contributed by atoms with Gasteiger partial charge in [-0.3, -0.25) is 4.18 Å². The van der Waals surface area contributed by atoms with Gasteiger partial charge in [0.2, 0.25) is 0 Å². The molecule has 0 radical (unpaired) electrons. The van der Waals surface area contributed by atoms with Gasteiger partial charge in [0.05, 0.1) is 18.2 Å². The van der Waals surface area contributed by atoms with E-state index in [0.717, 1.165) is 19.5 Å². The molecule has 1 aliphatic heterocycles. The summed E-state index contributed by atoms with van der Waals surface area (Å²) < 4.78 is 28.8. The molecule has 0 spiro atoms. The monoisotopic (exact) mass is 424 g/mol. The van der Waals surface area contributed by atoms with Crippen LogP contribution in [-0.2, 0) is 14.3 Å². The summed E-state index contributed by atoms with van der Waals surface area (Å²) in [5.74, 6) is 0. The number of hydrogen-bond acceptors (Lipinski definition) is 5. The molecule has 0 fully saturated rings. The number of nitrogens with zero attached hydrogens (tertiary/aromatic N) is 2. The van der Waals surface area contributed by atoms with Crippen LogP contribution in [0.15, 0.2) is 47.6 Å². The van der Waals surface area contributed by atoms with Crippen LogP contribution < -0.4 is 0 Å². The number of hydrogen-bond donors (Lipinski definition) is 0. The van der Waals surface area contributed by atoms with E-state index in [2.05, 4.69) is 43.2 Å². The van der Waals surface area contributed by atoms with Crippen LogP contribution in [0.4, 0.5) is 0 Å². The Morgan fingerprint density at radius 1 is 0.793 bits per heavy atom. The SMILES string of the molecule is CCCCCCCCCCCCOS(=O)(=O)c1ccccc1.CN1C=CN(C)C1. The zero-order valence-electron chi connectivity index (χ0n) is 18.6. The maximum atomic E-state index is 11.9. The van der Waals surface area contributed by atoms with Crippen LogP contribution in [-0.4, -0.2) is 45.6 Å². The zero-order chi connectivity index (χ0) is 21.4. The first kappa shape index (κ1) is 25.5. The second-order valence-electron chi connectivity index (χ2n) is 7.72. The predicted molar refractivity (Wildman–Crippen MR) is 121 cm³/mol. The fourth-order valence-corrected chi connectivity index (χ4v) is 4.05. The van der Waals surface area contributed by atoms with Crippen molar-refractivity contribution in [3.8, 4) is 0 Å². The van der Waals surface area contributed by atoms with Gasteiger partial charge in [-0.1, -0.05) is 82.9 Å². The van der Waals surface area contributed by atoms with E-state index in [1.165, 1.54) is 51.4 Å². The molecule has 0 atom stereocenters. The Labute approximate surface area is 178 Å². The molecule has 6 heteroatoms. The van der Waals surface area contributed by atoms with Gasteiger partial charge in [0, 0.05) is 26.5 Å². The zero-order valence-corrected chi connectivity index (χ0v) is 19.4. The first-order valence-corrected chi connectivity index (χ1v) is 12.4. The summed E-state index contributed by atoms with van der Waals surface area (Å²) in [6.07, 6.45) is 16.4. The molecule has 0 unspecified atom stereocenters. The van der Waals surface area contributed by atoms with Gasteiger partial charge in [0.15, 0.2) is 0 Å². The first-order valence-electron chi connectivity index (χ1n) is 11.0. The molecule has 0 bridgehead atoms. The van der Waals surface area contributed by atoms with Crippen LogP contribution in [0.5, 0.6) is 0 Å². The number of unbranched alkanes of at least 4 members (excludes halogenated alkanes) is 9. The van der Waals surface area contributed by atoms with Crippen molar-refractivity contribution >= 4 is 10.1 Å². The van der Waals surface area contributed by atoms with Crippen molar-refractivity contribution in [1.82, 2.24) is 9.80 Å². The van der Waals surface area contributed by atoms with Crippen LogP contribution in [0, 0.1) is 0 Å². The second kappa shape index (κ2) is 15.3. The van der Waals surface area contributed by atoms with E-state index in [9.17, 15) is 8.42 Å². The molecule has 0 N–H and O–H groups in total. The number of rotatable bonds is 13. The fraction of sp³-hybridized carbons (Fsp3) is 0.652. The molecule has 1 aromatic rings. The third-order valence-corrected chi connectivity index (χ3v) is 6.12. The molecule has 29 heavy (non-hydrogen) atoms. The average molecular weight is 425 g/mol. The highest BCUT2D eigenvalue weighted by Crippen LogP contribution is 2.13. The Bertz CT molecular complexity index is 637. The third-order valence-electron chi connectivity index (χ3n) is 4.79. The van der Waals surface area contributed by atoms with Crippen molar-refractivity contribution in [2.24, 2.45) is 0 Å². The molecule has 5 nitrogen and oxygen atoms in total. The maximum Gasteiger partial charge on any atom is 0.296 e. The highest BCUT2D eigenvalue weighted by Gasteiger charge is 2.13. The van der Waals surface area contributed by atoms with E-state index < -0.39 is 10.1 Å². The molecule has 0 aromatic heterocycles. The molecule has 0 amide bonds. The summed E-state index contributed by atoms with van der Waals surface area (Å²) in [5, 5.41) is 0. The standard InChI is InChI=1S/C18H30O3S.C5H10N2/c1-2-3-4-5-6-7-8-9-10-14-17-21-22(19,20)18-15-12-11-13-16-18;1-6-3-4-7(2)5-6/h11-13,15-16H,2-10,14,17H2,1H3;3-4H,5H2,1-2H3. The lowest BCUT2D eigenvalue weighted by Gasteiger charge is -2.10. The highest BCUT2D eigenvalue weighted by molar-refractivity contribution is 7.86. The van der Waals surface area contributed by atoms with E-state index in [0.29, 0.717) is 0 Å². The van der Waals surface area contributed by atoms with Crippen molar-refractivity contribution in [3.05, 3.63) is 42.7 Å². The minimum absolute atomic E-state index is 0.238. The van der Waals surface area contributed by atoms with Crippen molar-refractivity contribution in [2.45, 2.75) is 76.0 Å². The smallest absolute Gasteiger partial charge is 0.296 e. The lowest BCUT2D eigenvalue weighted by Crippen LogP contribution is -2.17. The summed E-state index contributed by atoms with van der Waals surface area (Å²) in [4.78, 5) is 4.49. The summed E-state index contributed by atoms with van der Waals surface area (Å²) in [7, 11) is 0.541. The Balaban J connectivity index is 0.000000502. The molecule has 0 saturated carbocycles. The topological polar surface area (TPSA) is 49.9 Å². The van der Waals surface area contributed by atoms with E-state index in [1.54, 1.807) is 30.3 Å². The Hall–Kier alpha value is -1.53. The van der Waals surface area contributed by atoms with Gasteiger partial charge in [-0.15, -0.1) is 0 Å². The summed E-state index contributed by atoms with van der Waals surface area (Å²) in [6.45, 7) is 3.55. The molecule has 1 aliphatic rings. The largest absolute Gasteiger partial charge is 0.362 e. The minimum Gasteiger partial charge on any atom is -0.362 e. The molecular weight excluding hydrogens is 384 g/mol. The van der Waals surface area contributed by atoms with Crippen LogP contribution in [0.3, 0.4) is 0 Å². The van der Waals surface area contributed by atoms with Gasteiger partial charge in [0.1, 0.15) is 0 Å². The molecule has 0 saturated heterocycles. The molecular formula is C23H40N2O3S. The molecule has 1 aromatic carbocycles. The molecule has 166 valence electrons. The summed E-state index contributed by atoms with van der Waals surface area (Å²) in [5.41, 5.74) is 0. The van der Waals surface area contributed by atoms with Gasteiger partial charge in [-0.2, -0.15) is 8.42 Å². The van der Waals surface area contributed by atoms with Gasteiger partial charge < -0.3 is 9.80 Å². The summed E-state index contributed by atoms with van der Waals surface area (Å²) >= 11 is 0. The van der Waals surface area contributed by atoms with E-state index in [4.69, 9.17) is 4.18 Å².